The molecule has 2 rings (SSSR count). The number of nitrogens with one attached hydrogen (secondary N) is 1. The fourth-order valence-electron chi connectivity index (χ4n) is 2.27. The molecule has 1 fully saturated rings. The van der Waals surface area contributed by atoms with Crippen LogP contribution in [0.3, 0.4) is 0 Å². The number of nitrogens with zero attached hydrogens (tertiary/aromatic N) is 1. The number of anilines is 1. The lowest BCUT2D eigenvalue weighted by atomic mass is 9.96. The quantitative estimate of drug-likeness (QED) is 0.928. The smallest absolute Gasteiger partial charge is 0.250 e. The van der Waals surface area contributed by atoms with Crippen LogP contribution >= 0.6 is 0 Å². The molecular formula is C14H15F3N2O2. The van der Waals surface area contributed by atoms with E-state index >= 15 is 0 Å². The van der Waals surface area contributed by atoms with Crippen LogP contribution in [0, 0.1) is 23.4 Å². The van der Waals surface area contributed by atoms with E-state index in [1.165, 1.54) is 0 Å². The van der Waals surface area contributed by atoms with Crippen molar-refractivity contribution in [2.75, 3.05) is 11.4 Å². The Morgan fingerprint density at radius 1 is 1.29 bits per heavy atom. The molecule has 0 aromatic heterocycles. The molecule has 1 aliphatic heterocycles. The molecule has 7 heteroatoms. The van der Waals surface area contributed by atoms with Gasteiger partial charge in [0.1, 0.15) is 24.1 Å². The lowest BCUT2D eigenvalue weighted by Crippen LogP contribution is -2.60. The molecule has 21 heavy (non-hydrogen) atoms. The fourth-order valence-corrected chi connectivity index (χ4v) is 2.27. The van der Waals surface area contributed by atoms with Crippen molar-refractivity contribution in [1.82, 2.24) is 5.32 Å². The maximum Gasteiger partial charge on any atom is 0.250 e. The topological polar surface area (TPSA) is 49.4 Å². The molecule has 0 spiro atoms. The van der Waals surface area contributed by atoms with Gasteiger partial charge in [0, 0.05) is 12.1 Å². The Morgan fingerprint density at radius 2 is 1.86 bits per heavy atom. The van der Waals surface area contributed by atoms with Crippen molar-refractivity contribution >= 4 is 17.5 Å². The van der Waals surface area contributed by atoms with Crippen LogP contribution in [0.25, 0.3) is 0 Å². The van der Waals surface area contributed by atoms with Crippen LogP contribution in [-0.4, -0.2) is 24.4 Å². The second-order valence-corrected chi connectivity index (χ2v) is 5.07. The molecule has 114 valence electrons. The molecular weight excluding hydrogens is 285 g/mol. The largest absolute Gasteiger partial charge is 0.342 e. The Morgan fingerprint density at radius 3 is 2.38 bits per heavy atom. The van der Waals surface area contributed by atoms with Crippen LogP contribution in [0.5, 0.6) is 0 Å². The predicted molar refractivity (Wildman–Crippen MR) is 70.1 cm³/mol. The van der Waals surface area contributed by atoms with E-state index in [0.29, 0.717) is 18.6 Å². The molecule has 2 amide bonds. The molecule has 2 atom stereocenters. The number of carbonyl (C=O) groups is 2. The zero-order valence-electron chi connectivity index (χ0n) is 11.6. The first-order valence-electron chi connectivity index (χ1n) is 6.60. The molecule has 1 aliphatic rings. The summed E-state index contributed by atoms with van der Waals surface area (Å²) < 4.78 is 40.5. The van der Waals surface area contributed by atoms with E-state index in [9.17, 15) is 22.8 Å². The van der Waals surface area contributed by atoms with E-state index in [0.717, 1.165) is 4.90 Å². The first kappa shape index (κ1) is 15.3. The predicted octanol–water partition coefficient (Wildman–Crippen LogP) is 1.98. The first-order chi connectivity index (χ1) is 9.85. The summed E-state index contributed by atoms with van der Waals surface area (Å²) in [6.45, 7) is 3.09. The third kappa shape index (κ3) is 2.86. The summed E-state index contributed by atoms with van der Waals surface area (Å²) in [5, 5.41) is 2.52. The van der Waals surface area contributed by atoms with Gasteiger partial charge in [-0.05, 0) is 5.92 Å². The van der Waals surface area contributed by atoms with Gasteiger partial charge in [0.15, 0.2) is 11.6 Å². The van der Waals surface area contributed by atoms with Crippen molar-refractivity contribution in [3.63, 3.8) is 0 Å². The third-order valence-electron chi connectivity index (χ3n) is 3.61. The normalized spacial score (nSPS) is 20.4. The molecule has 0 radical (unpaired) electrons. The van der Waals surface area contributed by atoms with Crippen molar-refractivity contribution in [2.24, 2.45) is 5.92 Å². The number of benzene rings is 1. The summed E-state index contributed by atoms with van der Waals surface area (Å²) in [7, 11) is 0. The molecule has 1 heterocycles. The summed E-state index contributed by atoms with van der Waals surface area (Å²) in [5.41, 5.74) is -0.690. The molecule has 1 N–H and O–H groups in total. The van der Waals surface area contributed by atoms with Gasteiger partial charge in [-0.25, -0.2) is 13.2 Å². The monoisotopic (exact) mass is 300 g/mol. The van der Waals surface area contributed by atoms with Crippen LogP contribution < -0.4 is 10.2 Å². The van der Waals surface area contributed by atoms with E-state index in [2.05, 4.69) is 5.32 Å². The van der Waals surface area contributed by atoms with Crippen molar-refractivity contribution in [1.29, 1.82) is 0 Å². The van der Waals surface area contributed by atoms with Crippen LogP contribution in [0.1, 0.15) is 20.3 Å². The summed E-state index contributed by atoms with van der Waals surface area (Å²) in [4.78, 5) is 24.8. The van der Waals surface area contributed by atoms with E-state index < -0.39 is 47.5 Å². The minimum absolute atomic E-state index is 0.184. The number of rotatable bonds is 3. The highest BCUT2D eigenvalue weighted by Gasteiger charge is 2.38. The van der Waals surface area contributed by atoms with Crippen molar-refractivity contribution in [3.8, 4) is 0 Å². The number of carbonyl (C=O) groups excluding carboxylic acids is 2. The number of amides is 2. The lowest BCUT2D eigenvalue weighted by Gasteiger charge is -2.35. The fraction of sp³-hybridized carbons (Fsp3) is 0.429. The van der Waals surface area contributed by atoms with Gasteiger partial charge in [-0.3, -0.25) is 14.5 Å². The molecule has 4 nitrogen and oxygen atoms in total. The zero-order chi connectivity index (χ0) is 15.7. The lowest BCUT2D eigenvalue weighted by molar-refractivity contribution is -0.132. The van der Waals surface area contributed by atoms with Gasteiger partial charge in [0.25, 0.3) is 0 Å². The second-order valence-electron chi connectivity index (χ2n) is 5.07. The van der Waals surface area contributed by atoms with E-state index in [1.54, 1.807) is 6.92 Å². The minimum atomic E-state index is -1.21. The van der Waals surface area contributed by atoms with Crippen LogP contribution in [0.15, 0.2) is 12.1 Å². The second kappa shape index (κ2) is 5.75. The maximum atomic E-state index is 13.8. The average molecular weight is 300 g/mol. The first-order valence-corrected chi connectivity index (χ1v) is 6.60. The van der Waals surface area contributed by atoms with E-state index in [-0.39, 0.29) is 5.92 Å². The van der Waals surface area contributed by atoms with Crippen molar-refractivity contribution in [2.45, 2.75) is 26.3 Å². The highest BCUT2D eigenvalue weighted by Crippen LogP contribution is 2.27. The molecule has 0 saturated carbocycles. The Balaban J connectivity index is 2.43. The Labute approximate surface area is 119 Å². The molecule has 1 aromatic rings. The van der Waals surface area contributed by atoms with Gasteiger partial charge in [-0.1, -0.05) is 20.3 Å². The Hall–Kier alpha value is -2.05. The number of halogens is 3. The van der Waals surface area contributed by atoms with Gasteiger partial charge in [0.2, 0.25) is 11.8 Å². The zero-order valence-corrected chi connectivity index (χ0v) is 11.6. The van der Waals surface area contributed by atoms with Crippen LogP contribution in [0.4, 0.5) is 18.9 Å². The number of piperazine rings is 1. The molecule has 2 unspecified atom stereocenters. The molecule has 0 aliphatic carbocycles. The number of hydrogen-bond acceptors (Lipinski definition) is 2. The van der Waals surface area contributed by atoms with Gasteiger partial charge in [-0.15, -0.1) is 0 Å². The summed E-state index contributed by atoms with van der Waals surface area (Å²) in [6, 6.07) is 0.118. The van der Waals surface area contributed by atoms with E-state index in [4.69, 9.17) is 0 Å². The average Bonchev–Trinajstić information content (AvgIpc) is 2.40. The Bertz CT molecular complexity index is 569. The molecule has 0 bridgehead atoms. The van der Waals surface area contributed by atoms with E-state index in [1.807, 2.05) is 6.92 Å². The van der Waals surface area contributed by atoms with Gasteiger partial charge >= 0.3 is 0 Å². The van der Waals surface area contributed by atoms with Gasteiger partial charge in [0.05, 0.1) is 0 Å². The van der Waals surface area contributed by atoms with Gasteiger partial charge in [-0.2, -0.15) is 0 Å². The summed E-state index contributed by atoms with van der Waals surface area (Å²) >= 11 is 0. The minimum Gasteiger partial charge on any atom is -0.342 e. The highest BCUT2D eigenvalue weighted by atomic mass is 19.1. The third-order valence-corrected chi connectivity index (χ3v) is 3.61. The SMILES string of the molecule is CCC(C)C1NC(=O)CN(c2c(F)cc(F)cc2F)C1=O. The number of hydrogen-bond donors (Lipinski definition) is 1. The molecule has 1 saturated heterocycles. The van der Waals surface area contributed by atoms with Gasteiger partial charge < -0.3 is 5.32 Å². The summed E-state index contributed by atoms with van der Waals surface area (Å²) in [6.07, 6.45) is 0.610. The summed E-state index contributed by atoms with van der Waals surface area (Å²) in [5.74, 6) is -4.80. The van der Waals surface area contributed by atoms with Crippen LogP contribution in [-0.2, 0) is 9.59 Å². The standard InChI is InChI=1S/C14H15F3N2O2/c1-3-7(2)12-14(21)19(6-11(20)18-12)13-9(16)4-8(15)5-10(13)17/h4-5,7,12H,3,6H2,1-2H3,(H,18,20). The Kier molecular flexibility index (Phi) is 4.20. The molecule has 1 aromatic carbocycles. The van der Waals surface area contributed by atoms with Crippen molar-refractivity contribution < 1.29 is 22.8 Å². The van der Waals surface area contributed by atoms with Crippen molar-refractivity contribution in [3.05, 3.63) is 29.6 Å². The maximum absolute atomic E-state index is 13.8. The highest BCUT2D eigenvalue weighted by molar-refractivity contribution is 6.06. The van der Waals surface area contributed by atoms with Crippen LogP contribution in [0.2, 0.25) is 0 Å².